The zero-order valence-corrected chi connectivity index (χ0v) is 15.1. The summed E-state index contributed by atoms with van der Waals surface area (Å²) < 4.78 is 1.13. The summed E-state index contributed by atoms with van der Waals surface area (Å²) in [5.41, 5.74) is 1.15. The lowest BCUT2D eigenvalue weighted by molar-refractivity contribution is -0.135. The highest BCUT2D eigenvalue weighted by Gasteiger charge is 2.21. The Morgan fingerprint density at radius 3 is 2.58 bits per heavy atom. The lowest BCUT2D eigenvalue weighted by Crippen LogP contribution is -2.30. The number of pyridine rings is 1. The zero-order valence-electron chi connectivity index (χ0n) is 12.8. The molecule has 1 aromatic carbocycles. The summed E-state index contributed by atoms with van der Waals surface area (Å²) in [7, 11) is 0. The van der Waals surface area contributed by atoms with Crippen molar-refractivity contribution in [2.45, 2.75) is 0 Å². The van der Waals surface area contributed by atoms with Crippen LogP contribution in [0.1, 0.15) is 10.5 Å². The third-order valence-corrected chi connectivity index (χ3v) is 4.11. The van der Waals surface area contributed by atoms with Crippen LogP contribution in [-0.4, -0.2) is 43.2 Å². The molecule has 26 heavy (non-hydrogen) atoms. The van der Waals surface area contributed by atoms with Crippen LogP contribution < -0.4 is 5.32 Å². The zero-order chi connectivity index (χ0) is 18.1. The van der Waals surface area contributed by atoms with E-state index in [1.54, 1.807) is 18.2 Å². The number of carbonyl (C=O) groups excluding carboxylic acids is 1. The Morgan fingerprint density at radius 1 is 1.19 bits per heavy atom. The van der Waals surface area contributed by atoms with Crippen molar-refractivity contribution in [3.63, 3.8) is 0 Å². The minimum absolute atomic E-state index is 0. The van der Waals surface area contributed by atoms with E-state index in [2.05, 4.69) is 15.4 Å². The molecule has 0 spiro atoms. The Kier molecular flexibility index (Phi) is 5.91. The maximum absolute atomic E-state index is 12.2. The first-order chi connectivity index (χ1) is 11.9. The van der Waals surface area contributed by atoms with Gasteiger partial charge < -0.3 is 15.5 Å². The topological polar surface area (TPSA) is 117 Å². The van der Waals surface area contributed by atoms with Gasteiger partial charge in [0.2, 0.25) is 0 Å². The van der Waals surface area contributed by atoms with Gasteiger partial charge in [-0.25, -0.2) is 9.50 Å². The highest BCUT2D eigenvalue weighted by molar-refractivity contribution is 6.42. The van der Waals surface area contributed by atoms with Gasteiger partial charge in [-0.2, -0.15) is 5.10 Å². The Bertz CT molecular complexity index is 1010. The molecule has 0 unspecified atom stereocenters. The van der Waals surface area contributed by atoms with Gasteiger partial charge in [0.15, 0.2) is 11.3 Å². The number of nitrogens with one attached hydrogen (secondary N) is 1. The second-order valence-electron chi connectivity index (χ2n) is 4.99. The molecule has 0 saturated heterocycles. The maximum Gasteiger partial charge on any atom is 0.322 e. The van der Waals surface area contributed by atoms with Gasteiger partial charge in [0.25, 0.3) is 5.91 Å². The normalized spacial score (nSPS) is 10.4. The third kappa shape index (κ3) is 3.67. The fourth-order valence-electron chi connectivity index (χ4n) is 2.30. The molecule has 0 aliphatic heterocycles. The summed E-state index contributed by atoms with van der Waals surface area (Å²) in [6, 6.07) is 6.20. The Hall–Kier alpha value is -2.55. The second-order valence-corrected chi connectivity index (χ2v) is 5.81. The monoisotopic (exact) mass is 416 g/mol. The minimum Gasteiger partial charge on any atom is -0.505 e. The molecule has 11 heteroatoms. The van der Waals surface area contributed by atoms with E-state index in [9.17, 15) is 14.7 Å². The second kappa shape index (κ2) is 7.77. The molecule has 0 bridgehead atoms. The van der Waals surface area contributed by atoms with Gasteiger partial charge in [-0.05, 0) is 23.8 Å². The molecule has 1 amide bonds. The fraction of sp³-hybridized carbons (Fsp3) is 0.0667. The van der Waals surface area contributed by atoms with Crippen molar-refractivity contribution in [2.75, 3.05) is 6.54 Å². The number of fused-ring (bicyclic) bond motifs is 1. The largest absolute Gasteiger partial charge is 0.505 e. The summed E-state index contributed by atoms with van der Waals surface area (Å²) in [6.45, 7) is -0.594. The van der Waals surface area contributed by atoms with Crippen molar-refractivity contribution in [1.29, 1.82) is 0 Å². The molecule has 0 atom stereocenters. The van der Waals surface area contributed by atoms with Crippen LogP contribution in [0.5, 0.6) is 5.75 Å². The molecule has 2 heterocycles. The SMILES string of the molecule is Cl.O=C(O)CNC(=O)c1c(O)cc(-c2ccc(Cl)c(Cl)c2)c2ncnn12. The average molecular weight is 418 g/mol. The summed E-state index contributed by atoms with van der Waals surface area (Å²) in [4.78, 5) is 26.9. The van der Waals surface area contributed by atoms with Crippen LogP contribution >= 0.6 is 35.6 Å². The fourth-order valence-corrected chi connectivity index (χ4v) is 2.59. The Morgan fingerprint density at radius 2 is 1.92 bits per heavy atom. The van der Waals surface area contributed by atoms with E-state index in [0.717, 1.165) is 4.52 Å². The standard InChI is InChI=1S/C15H10Cl2N4O4.ClH/c16-9-2-1-7(3-10(9)17)8-4-11(22)13(15(25)18-5-12(23)24)21-14(8)19-6-20-21;/h1-4,6,22H,5H2,(H,18,25)(H,23,24);1H. The van der Waals surface area contributed by atoms with Crippen molar-refractivity contribution < 1.29 is 19.8 Å². The number of hydrogen-bond donors (Lipinski definition) is 3. The number of halogens is 3. The molecule has 8 nitrogen and oxygen atoms in total. The van der Waals surface area contributed by atoms with E-state index in [1.807, 2.05) is 0 Å². The highest BCUT2D eigenvalue weighted by Crippen LogP contribution is 2.33. The number of aliphatic carboxylic acids is 1. The van der Waals surface area contributed by atoms with Crippen molar-refractivity contribution in [3.05, 3.63) is 46.3 Å². The van der Waals surface area contributed by atoms with Gasteiger partial charge in [0.05, 0.1) is 10.0 Å². The number of carboxylic acid groups (broad SMARTS) is 1. The smallest absolute Gasteiger partial charge is 0.322 e. The molecule has 0 fully saturated rings. The van der Waals surface area contributed by atoms with E-state index in [0.29, 0.717) is 21.2 Å². The quantitative estimate of drug-likeness (QED) is 0.601. The number of rotatable bonds is 4. The van der Waals surface area contributed by atoms with Crippen LogP contribution in [0.15, 0.2) is 30.6 Å². The van der Waals surface area contributed by atoms with Gasteiger partial charge in [-0.1, -0.05) is 29.3 Å². The summed E-state index contributed by atoms with van der Waals surface area (Å²) in [5.74, 6) is -2.40. The number of amides is 1. The van der Waals surface area contributed by atoms with Crippen molar-refractivity contribution in [3.8, 4) is 16.9 Å². The van der Waals surface area contributed by atoms with Crippen LogP contribution in [0.2, 0.25) is 10.0 Å². The summed E-state index contributed by atoms with van der Waals surface area (Å²) in [6.07, 6.45) is 1.21. The van der Waals surface area contributed by atoms with Crippen LogP contribution in [0.25, 0.3) is 16.8 Å². The lowest BCUT2D eigenvalue weighted by Gasteiger charge is -2.11. The number of hydrogen-bond acceptors (Lipinski definition) is 5. The van der Waals surface area contributed by atoms with E-state index in [4.69, 9.17) is 28.3 Å². The summed E-state index contributed by atoms with van der Waals surface area (Å²) >= 11 is 11.9. The molecule has 0 aliphatic rings. The van der Waals surface area contributed by atoms with Crippen LogP contribution in [0, 0.1) is 0 Å². The number of aromatic hydroxyl groups is 1. The summed E-state index contributed by atoms with van der Waals surface area (Å²) in [5, 5.41) is 25.7. The molecule has 3 rings (SSSR count). The first kappa shape index (κ1) is 19.8. The predicted molar refractivity (Wildman–Crippen MR) is 97.3 cm³/mol. The first-order valence-electron chi connectivity index (χ1n) is 6.89. The molecule has 3 N–H and O–H groups in total. The van der Waals surface area contributed by atoms with Gasteiger partial charge >= 0.3 is 5.97 Å². The van der Waals surface area contributed by atoms with Gasteiger partial charge in [-0.15, -0.1) is 12.4 Å². The molecule has 0 saturated carbocycles. The minimum atomic E-state index is -1.21. The van der Waals surface area contributed by atoms with E-state index < -0.39 is 18.4 Å². The number of benzene rings is 1. The molecule has 2 aromatic heterocycles. The molecule has 0 aliphatic carbocycles. The third-order valence-electron chi connectivity index (χ3n) is 3.37. The Labute approximate surface area is 162 Å². The number of aromatic nitrogens is 3. The highest BCUT2D eigenvalue weighted by atomic mass is 35.5. The van der Waals surface area contributed by atoms with E-state index in [1.165, 1.54) is 12.4 Å². The van der Waals surface area contributed by atoms with Crippen molar-refractivity contribution in [2.24, 2.45) is 0 Å². The molecule has 0 radical (unpaired) electrons. The Balaban J connectivity index is 0.00000243. The molecule has 136 valence electrons. The van der Waals surface area contributed by atoms with Gasteiger partial charge in [-0.3, -0.25) is 9.59 Å². The molecule has 3 aromatic rings. The maximum atomic E-state index is 12.2. The van der Waals surface area contributed by atoms with Gasteiger partial charge in [0.1, 0.15) is 18.6 Å². The van der Waals surface area contributed by atoms with E-state index >= 15 is 0 Å². The van der Waals surface area contributed by atoms with E-state index in [-0.39, 0.29) is 29.5 Å². The predicted octanol–water partition coefficient (Wildman–Crippen LogP) is 2.64. The van der Waals surface area contributed by atoms with Crippen LogP contribution in [-0.2, 0) is 4.79 Å². The first-order valence-corrected chi connectivity index (χ1v) is 7.65. The molecular weight excluding hydrogens is 407 g/mol. The van der Waals surface area contributed by atoms with Crippen molar-refractivity contribution in [1.82, 2.24) is 19.9 Å². The number of nitrogens with zero attached hydrogens (tertiary/aromatic N) is 3. The number of carboxylic acids is 1. The number of carbonyl (C=O) groups is 2. The van der Waals surface area contributed by atoms with Crippen LogP contribution in [0.4, 0.5) is 0 Å². The average Bonchev–Trinajstić information content (AvgIpc) is 3.03. The van der Waals surface area contributed by atoms with Gasteiger partial charge in [0, 0.05) is 5.56 Å². The van der Waals surface area contributed by atoms with Crippen molar-refractivity contribution >= 4 is 53.1 Å². The lowest BCUT2D eigenvalue weighted by atomic mass is 10.1. The van der Waals surface area contributed by atoms with Crippen LogP contribution in [0.3, 0.4) is 0 Å². The molecular formula is C15H11Cl3N4O4.